The van der Waals surface area contributed by atoms with Gasteiger partial charge in [0.05, 0.1) is 28.2 Å². The Morgan fingerprint density at radius 3 is 2.64 bits per heavy atom. The lowest BCUT2D eigenvalue weighted by Gasteiger charge is -2.12. The molecule has 3 rings (SSSR count). The minimum atomic E-state index is -1.12. The molecule has 6 nitrogen and oxygen atoms in total. The molecule has 1 saturated carbocycles. The van der Waals surface area contributed by atoms with E-state index in [1.54, 1.807) is 23.7 Å². The van der Waals surface area contributed by atoms with Gasteiger partial charge in [0.25, 0.3) is 5.91 Å². The maximum Gasteiger partial charge on any atom is 0.329 e. The van der Waals surface area contributed by atoms with E-state index in [2.05, 4.69) is 10.4 Å². The van der Waals surface area contributed by atoms with E-state index in [0.717, 1.165) is 0 Å². The van der Waals surface area contributed by atoms with Crippen molar-refractivity contribution in [3.05, 3.63) is 46.7 Å². The van der Waals surface area contributed by atoms with Crippen LogP contribution in [0.4, 0.5) is 0 Å². The second-order valence-electron chi connectivity index (χ2n) is 5.35. The van der Waals surface area contributed by atoms with Crippen LogP contribution in [-0.2, 0) is 4.79 Å². The number of carbonyl (C=O) groups excluding carboxylic acids is 1. The summed E-state index contributed by atoms with van der Waals surface area (Å²) in [6, 6.07) is 7.17. The zero-order valence-electron chi connectivity index (χ0n) is 11.8. The second-order valence-corrected chi connectivity index (χ2v) is 5.76. The van der Waals surface area contributed by atoms with Crippen molar-refractivity contribution in [3.63, 3.8) is 0 Å². The van der Waals surface area contributed by atoms with Gasteiger partial charge in [0.15, 0.2) is 0 Å². The van der Waals surface area contributed by atoms with Gasteiger partial charge in [-0.15, -0.1) is 0 Å². The Labute approximate surface area is 131 Å². The molecule has 0 aliphatic heterocycles. The number of aromatic nitrogens is 2. The van der Waals surface area contributed by atoms with Crippen LogP contribution < -0.4 is 5.32 Å². The Kier molecular flexibility index (Phi) is 3.41. The molecule has 0 spiro atoms. The third-order valence-electron chi connectivity index (χ3n) is 3.85. The van der Waals surface area contributed by atoms with Crippen molar-refractivity contribution in [2.24, 2.45) is 0 Å². The fourth-order valence-electron chi connectivity index (χ4n) is 2.30. The van der Waals surface area contributed by atoms with Crippen molar-refractivity contribution < 1.29 is 14.7 Å². The third-order valence-corrected chi connectivity index (χ3v) is 4.17. The van der Waals surface area contributed by atoms with Crippen molar-refractivity contribution in [2.75, 3.05) is 0 Å². The minimum Gasteiger partial charge on any atom is -0.480 e. The summed E-state index contributed by atoms with van der Waals surface area (Å²) in [6.07, 6.45) is 2.32. The predicted molar refractivity (Wildman–Crippen MR) is 80.4 cm³/mol. The molecule has 114 valence electrons. The van der Waals surface area contributed by atoms with E-state index in [1.807, 2.05) is 12.1 Å². The van der Waals surface area contributed by atoms with Crippen LogP contribution in [0, 0.1) is 6.92 Å². The number of carboxylic acid groups (broad SMARTS) is 1. The van der Waals surface area contributed by atoms with Crippen molar-refractivity contribution in [1.82, 2.24) is 15.1 Å². The first-order valence-corrected chi connectivity index (χ1v) is 7.18. The summed E-state index contributed by atoms with van der Waals surface area (Å²) in [5, 5.41) is 16.4. The lowest BCUT2D eigenvalue weighted by molar-refractivity contribution is -0.140. The first-order chi connectivity index (χ1) is 10.4. The summed E-state index contributed by atoms with van der Waals surface area (Å²) < 4.78 is 1.57. The van der Waals surface area contributed by atoms with Gasteiger partial charge in [-0.25, -0.2) is 9.48 Å². The highest BCUT2D eigenvalue weighted by molar-refractivity contribution is 6.32. The lowest BCUT2D eigenvalue weighted by atomic mass is 10.2. The molecule has 2 N–H and O–H groups in total. The second kappa shape index (κ2) is 5.14. The monoisotopic (exact) mass is 319 g/mol. The van der Waals surface area contributed by atoms with Crippen molar-refractivity contribution >= 4 is 23.5 Å². The van der Waals surface area contributed by atoms with Crippen molar-refractivity contribution in [2.45, 2.75) is 25.3 Å². The van der Waals surface area contributed by atoms with Gasteiger partial charge in [-0.1, -0.05) is 23.7 Å². The number of nitrogens with one attached hydrogen (secondary N) is 1. The highest BCUT2D eigenvalue weighted by Gasteiger charge is 2.51. The Bertz CT molecular complexity index is 765. The molecule has 0 unspecified atom stereocenters. The van der Waals surface area contributed by atoms with Gasteiger partial charge in [-0.05, 0) is 31.9 Å². The first kappa shape index (κ1) is 14.6. The zero-order chi connectivity index (χ0) is 15.9. The molecular formula is C15H14ClN3O3. The van der Waals surface area contributed by atoms with Crippen molar-refractivity contribution in [3.8, 4) is 5.69 Å². The molecule has 0 atom stereocenters. The van der Waals surface area contributed by atoms with E-state index >= 15 is 0 Å². The van der Waals surface area contributed by atoms with Gasteiger partial charge < -0.3 is 10.4 Å². The third kappa shape index (κ3) is 2.35. The predicted octanol–water partition coefficient (Wildman–Crippen LogP) is 2.18. The van der Waals surface area contributed by atoms with E-state index < -0.39 is 17.4 Å². The summed E-state index contributed by atoms with van der Waals surface area (Å²) in [5.74, 6) is -1.44. The fourth-order valence-corrected chi connectivity index (χ4v) is 2.52. The number of rotatable bonds is 4. The smallest absolute Gasteiger partial charge is 0.329 e. The fraction of sp³-hybridized carbons (Fsp3) is 0.267. The standard InChI is InChI=1S/C15H14ClN3O3/c1-9-10(13(20)18-15(6-7-15)14(21)22)8-17-19(9)12-5-3-2-4-11(12)16/h2-5,8H,6-7H2,1H3,(H,18,20)(H,21,22). The number of hydrogen-bond acceptors (Lipinski definition) is 3. The molecule has 1 aliphatic rings. The number of carbonyl (C=O) groups is 2. The van der Waals surface area contributed by atoms with E-state index in [4.69, 9.17) is 16.7 Å². The van der Waals surface area contributed by atoms with Crippen LogP contribution in [0.3, 0.4) is 0 Å². The first-order valence-electron chi connectivity index (χ1n) is 6.80. The minimum absolute atomic E-state index is 0.340. The summed E-state index contributed by atoms with van der Waals surface area (Å²) in [7, 11) is 0. The molecule has 0 saturated heterocycles. The molecule has 22 heavy (non-hydrogen) atoms. The van der Waals surface area contributed by atoms with E-state index in [-0.39, 0.29) is 0 Å². The van der Waals surface area contributed by atoms with Gasteiger partial charge >= 0.3 is 5.97 Å². The normalized spacial score (nSPS) is 15.4. The zero-order valence-corrected chi connectivity index (χ0v) is 12.6. The maximum absolute atomic E-state index is 12.3. The summed E-state index contributed by atoms with van der Waals surface area (Å²) in [5.41, 5.74) is 0.495. The molecule has 1 heterocycles. The van der Waals surface area contributed by atoms with Gasteiger partial charge in [0, 0.05) is 0 Å². The van der Waals surface area contributed by atoms with Crippen LogP contribution in [-0.4, -0.2) is 32.3 Å². The molecule has 7 heteroatoms. The number of para-hydroxylation sites is 1. The molecular weight excluding hydrogens is 306 g/mol. The lowest BCUT2D eigenvalue weighted by Crippen LogP contribution is -2.43. The topological polar surface area (TPSA) is 84.2 Å². The van der Waals surface area contributed by atoms with Gasteiger partial charge in [-0.2, -0.15) is 5.10 Å². The summed E-state index contributed by atoms with van der Waals surface area (Å²) in [4.78, 5) is 23.4. The van der Waals surface area contributed by atoms with Crippen molar-refractivity contribution in [1.29, 1.82) is 0 Å². The quantitative estimate of drug-likeness (QED) is 0.904. The molecule has 1 aliphatic carbocycles. The molecule has 1 aromatic heterocycles. The maximum atomic E-state index is 12.3. The van der Waals surface area contributed by atoms with Crippen LogP contribution in [0.5, 0.6) is 0 Å². The number of benzene rings is 1. The van der Waals surface area contributed by atoms with E-state index in [0.29, 0.717) is 34.8 Å². The number of halogens is 1. The Hall–Kier alpha value is -2.34. The largest absolute Gasteiger partial charge is 0.480 e. The summed E-state index contributed by atoms with van der Waals surface area (Å²) in [6.45, 7) is 1.74. The average Bonchev–Trinajstić information content (AvgIpc) is 3.16. The van der Waals surface area contributed by atoms with Crippen LogP contribution >= 0.6 is 11.6 Å². The molecule has 1 amide bonds. The SMILES string of the molecule is Cc1c(C(=O)NC2(C(=O)O)CC2)cnn1-c1ccccc1Cl. The molecule has 0 bridgehead atoms. The molecule has 2 aromatic rings. The Morgan fingerprint density at radius 2 is 2.05 bits per heavy atom. The Morgan fingerprint density at radius 1 is 1.36 bits per heavy atom. The van der Waals surface area contributed by atoms with Crippen LogP contribution in [0.2, 0.25) is 5.02 Å². The molecule has 0 radical (unpaired) electrons. The highest BCUT2D eigenvalue weighted by atomic mass is 35.5. The molecule has 1 aromatic carbocycles. The number of hydrogen-bond donors (Lipinski definition) is 2. The van der Waals surface area contributed by atoms with Gasteiger partial charge in [0.1, 0.15) is 5.54 Å². The number of carboxylic acids is 1. The van der Waals surface area contributed by atoms with Crippen LogP contribution in [0.1, 0.15) is 28.9 Å². The number of aliphatic carboxylic acids is 1. The van der Waals surface area contributed by atoms with Crippen LogP contribution in [0.15, 0.2) is 30.5 Å². The van der Waals surface area contributed by atoms with Gasteiger partial charge in [0.2, 0.25) is 0 Å². The van der Waals surface area contributed by atoms with E-state index in [1.165, 1.54) is 6.20 Å². The highest BCUT2D eigenvalue weighted by Crippen LogP contribution is 2.36. The van der Waals surface area contributed by atoms with E-state index in [9.17, 15) is 9.59 Å². The average molecular weight is 320 g/mol. The Balaban J connectivity index is 1.90. The van der Waals surface area contributed by atoms with Gasteiger partial charge in [-0.3, -0.25) is 4.79 Å². The van der Waals surface area contributed by atoms with Crippen LogP contribution in [0.25, 0.3) is 5.69 Å². The molecule has 1 fully saturated rings. The summed E-state index contributed by atoms with van der Waals surface area (Å²) >= 11 is 6.14. The number of amides is 1. The number of nitrogens with zero attached hydrogens (tertiary/aromatic N) is 2.